The highest BCUT2D eigenvalue weighted by Crippen LogP contribution is 2.25. The minimum atomic E-state index is -0.799. The van der Waals surface area contributed by atoms with Gasteiger partial charge in [-0.1, -0.05) is 27.7 Å². The Morgan fingerprint density at radius 3 is 2.12 bits per heavy atom. The van der Waals surface area contributed by atoms with E-state index in [2.05, 4.69) is 5.43 Å². The number of nitrogens with zero attached hydrogens (tertiary/aromatic N) is 1. The Kier molecular flexibility index (Phi) is 7.50. The molecule has 0 aromatic rings. The molecule has 7 nitrogen and oxygen atoms in total. The van der Waals surface area contributed by atoms with Gasteiger partial charge >= 0.3 is 0 Å². The van der Waals surface area contributed by atoms with Gasteiger partial charge in [-0.15, -0.1) is 0 Å². The van der Waals surface area contributed by atoms with Crippen LogP contribution in [0.5, 0.6) is 0 Å². The number of hydrogen-bond acceptors (Lipinski definition) is 5. The van der Waals surface area contributed by atoms with Crippen LogP contribution in [0.2, 0.25) is 0 Å². The molecule has 1 N–H and O–H groups in total. The number of hydrazine groups is 1. The molecular formula is C19H32N2O5. The maximum Gasteiger partial charge on any atom is 0.248 e. The van der Waals surface area contributed by atoms with Crippen molar-refractivity contribution in [3.63, 3.8) is 0 Å². The predicted octanol–water partition coefficient (Wildman–Crippen LogP) is 2.38. The first-order chi connectivity index (χ1) is 11.9. The van der Waals surface area contributed by atoms with Gasteiger partial charge in [-0.25, -0.2) is 0 Å². The Hall–Kier alpha value is -1.76. The average molecular weight is 368 g/mol. The summed E-state index contributed by atoms with van der Waals surface area (Å²) in [6.07, 6.45) is 1.77. The summed E-state index contributed by atoms with van der Waals surface area (Å²) in [5.74, 6) is -0.930. The van der Waals surface area contributed by atoms with E-state index in [9.17, 15) is 19.2 Å². The lowest BCUT2D eigenvalue weighted by molar-refractivity contribution is -0.151. The molecule has 0 aromatic carbocycles. The fourth-order valence-electron chi connectivity index (χ4n) is 2.44. The number of rotatable bonds is 10. The van der Waals surface area contributed by atoms with Crippen molar-refractivity contribution in [3.05, 3.63) is 0 Å². The second kappa shape index (κ2) is 8.75. The van der Waals surface area contributed by atoms with Crippen molar-refractivity contribution < 1.29 is 23.9 Å². The summed E-state index contributed by atoms with van der Waals surface area (Å²) in [5, 5.41) is 0.812. The third-order valence-corrected chi connectivity index (χ3v) is 4.72. The Bertz CT molecular complexity index is 550. The van der Waals surface area contributed by atoms with Gasteiger partial charge in [-0.05, 0) is 26.7 Å². The molecule has 0 unspecified atom stereocenters. The maximum atomic E-state index is 12.4. The number of carbonyl (C=O) groups excluding carboxylic acids is 4. The van der Waals surface area contributed by atoms with E-state index in [4.69, 9.17) is 4.74 Å². The summed E-state index contributed by atoms with van der Waals surface area (Å²) in [4.78, 5) is 47.4. The monoisotopic (exact) mass is 368 g/mol. The first kappa shape index (κ1) is 22.3. The van der Waals surface area contributed by atoms with Crippen LogP contribution >= 0.6 is 0 Å². The zero-order valence-corrected chi connectivity index (χ0v) is 16.8. The minimum absolute atomic E-state index is 0.0180. The SMILES string of the molecule is CC(C)C(=O)CCC(C)(C)OCCC(C)(C)C(=O)NN1C(=O)CCC1=O. The zero-order chi connectivity index (χ0) is 20.1. The molecule has 1 saturated heterocycles. The summed E-state index contributed by atoms with van der Waals surface area (Å²) in [7, 11) is 0. The summed E-state index contributed by atoms with van der Waals surface area (Å²) in [5.41, 5.74) is 1.16. The molecule has 1 aliphatic heterocycles. The molecule has 0 aliphatic carbocycles. The molecule has 1 heterocycles. The molecule has 0 aromatic heterocycles. The van der Waals surface area contributed by atoms with E-state index in [-0.39, 0.29) is 36.4 Å². The standard InChI is InChI=1S/C19H32N2O5/c1-13(2)14(22)9-10-19(5,6)26-12-11-18(3,4)17(25)20-21-15(23)7-8-16(21)24/h13H,7-12H2,1-6H3,(H,20,25). The van der Waals surface area contributed by atoms with E-state index in [1.54, 1.807) is 13.8 Å². The lowest BCUT2D eigenvalue weighted by atomic mass is 9.88. The summed E-state index contributed by atoms with van der Waals surface area (Å²) in [6.45, 7) is 11.4. The van der Waals surface area contributed by atoms with Crippen molar-refractivity contribution in [2.45, 2.75) is 79.2 Å². The molecule has 1 rings (SSSR count). The van der Waals surface area contributed by atoms with Gasteiger partial charge in [0.1, 0.15) is 5.78 Å². The molecule has 26 heavy (non-hydrogen) atoms. The third-order valence-electron chi connectivity index (χ3n) is 4.72. The fourth-order valence-corrected chi connectivity index (χ4v) is 2.44. The second-order valence-electron chi connectivity index (χ2n) is 8.43. The predicted molar refractivity (Wildman–Crippen MR) is 96.7 cm³/mol. The van der Waals surface area contributed by atoms with E-state index in [1.807, 2.05) is 27.7 Å². The van der Waals surface area contributed by atoms with Crippen molar-refractivity contribution in [3.8, 4) is 0 Å². The van der Waals surface area contributed by atoms with E-state index < -0.39 is 16.9 Å². The van der Waals surface area contributed by atoms with Gasteiger partial charge < -0.3 is 4.74 Å². The Balaban J connectivity index is 2.46. The quantitative estimate of drug-likeness (QED) is 0.598. The highest BCUT2D eigenvalue weighted by molar-refractivity contribution is 6.03. The van der Waals surface area contributed by atoms with Crippen molar-refractivity contribution in [1.29, 1.82) is 0 Å². The van der Waals surface area contributed by atoms with Gasteiger partial charge in [0.25, 0.3) is 0 Å². The minimum Gasteiger partial charge on any atom is -0.376 e. The molecule has 7 heteroatoms. The molecule has 0 saturated carbocycles. The van der Waals surface area contributed by atoms with Gasteiger partial charge in [0.2, 0.25) is 17.7 Å². The first-order valence-corrected chi connectivity index (χ1v) is 9.19. The summed E-state index contributed by atoms with van der Waals surface area (Å²) >= 11 is 0. The van der Waals surface area contributed by atoms with E-state index in [1.165, 1.54) is 0 Å². The Labute approximate surface area is 155 Å². The summed E-state index contributed by atoms with van der Waals surface area (Å²) in [6, 6.07) is 0. The third kappa shape index (κ3) is 6.52. The van der Waals surface area contributed by atoms with Crippen LogP contribution in [-0.2, 0) is 23.9 Å². The molecule has 1 fully saturated rings. The number of carbonyl (C=O) groups is 4. The first-order valence-electron chi connectivity index (χ1n) is 9.19. The molecule has 0 radical (unpaired) electrons. The topological polar surface area (TPSA) is 92.8 Å². The largest absolute Gasteiger partial charge is 0.376 e. The number of nitrogens with one attached hydrogen (secondary N) is 1. The maximum absolute atomic E-state index is 12.4. The fraction of sp³-hybridized carbons (Fsp3) is 0.789. The zero-order valence-electron chi connectivity index (χ0n) is 16.8. The molecule has 3 amide bonds. The highest BCUT2D eigenvalue weighted by atomic mass is 16.5. The average Bonchev–Trinajstić information content (AvgIpc) is 2.84. The number of hydrogen-bond donors (Lipinski definition) is 1. The van der Waals surface area contributed by atoms with Gasteiger partial charge in [-0.3, -0.25) is 24.6 Å². The van der Waals surface area contributed by atoms with Gasteiger partial charge in [0, 0.05) is 37.2 Å². The van der Waals surface area contributed by atoms with Crippen LogP contribution in [-0.4, -0.2) is 40.7 Å². The molecule has 0 atom stereocenters. The molecular weight excluding hydrogens is 336 g/mol. The van der Waals surface area contributed by atoms with Crippen LogP contribution in [0.4, 0.5) is 0 Å². The number of amides is 3. The van der Waals surface area contributed by atoms with Crippen LogP contribution in [0.15, 0.2) is 0 Å². The lowest BCUT2D eigenvalue weighted by Gasteiger charge is -2.30. The van der Waals surface area contributed by atoms with Crippen molar-refractivity contribution in [2.24, 2.45) is 11.3 Å². The smallest absolute Gasteiger partial charge is 0.248 e. The van der Waals surface area contributed by atoms with Crippen LogP contribution in [0.25, 0.3) is 0 Å². The Morgan fingerprint density at radius 1 is 1.08 bits per heavy atom. The number of Topliss-reactive ketones (excluding diaryl/α,β-unsaturated/α-hetero) is 1. The molecule has 148 valence electrons. The normalized spacial score (nSPS) is 15.7. The van der Waals surface area contributed by atoms with E-state index in [0.717, 1.165) is 5.01 Å². The van der Waals surface area contributed by atoms with E-state index >= 15 is 0 Å². The number of ether oxygens (including phenoxy) is 1. The highest BCUT2D eigenvalue weighted by Gasteiger charge is 2.35. The Morgan fingerprint density at radius 2 is 1.62 bits per heavy atom. The van der Waals surface area contributed by atoms with Crippen molar-refractivity contribution in [1.82, 2.24) is 10.4 Å². The molecule has 0 spiro atoms. The van der Waals surface area contributed by atoms with Crippen LogP contribution in [0.3, 0.4) is 0 Å². The second-order valence-corrected chi connectivity index (χ2v) is 8.43. The van der Waals surface area contributed by atoms with Crippen LogP contribution in [0.1, 0.15) is 73.6 Å². The van der Waals surface area contributed by atoms with Crippen LogP contribution < -0.4 is 5.43 Å². The van der Waals surface area contributed by atoms with Gasteiger partial charge in [0.15, 0.2) is 0 Å². The molecule has 0 bridgehead atoms. The summed E-state index contributed by atoms with van der Waals surface area (Å²) < 4.78 is 5.88. The molecule has 1 aliphatic rings. The van der Waals surface area contributed by atoms with Gasteiger partial charge in [-0.2, -0.15) is 5.01 Å². The number of imide groups is 1. The van der Waals surface area contributed by atoms with E-state index in [0.29, 0.717) is 25.9 Å². The van der Waals surface area contributed by atoms with Crippen molar-refractivity contribution in [2.75, 3.05) is 6.61 Å². The van der Waals surface area contributed by atoms with Gasteiger partial charge in [0.05, 0.1) is 5.60 Å². The van der Waals surface area contributed by atoms with Crippen LogP contribution in [0, 0.1) is 11.3 Å². The lowest BCUT2D eigenvalue weighted by Crippen LogP contribution is -2.50. The number of ketones is 1. The van der Waals surface area contributed by atoms with Crippen molar-refractivity contribution >= 4 is 23.5 Å².